The van der Waals surface area contributed by atoms with Crippen LogP contribution in [-0.2, 0) is 11.3 Å². The van der Waals surface area contributed by atoms with Crippen molar-refractivity contribution in [1.29, 1.82) is 0 Å². The molecule has 5 N–H and O–H groups in total. The lowest BCUT2D eigenvalue weighted by Gasteiger charge is -2.08. The van der Waals surface area contributed by atoms with Crippen molar-refractivity contribution >= 4 is 16.9 Å². The van der Waals surface area contributed by atoms with E-state index in [0.29, 0.717) is 16.5 Å². The molecule has 7 nitrogen and oxygen atoms in total. The van der Waals surface area contributed by atoms with Gasteiger partial charge in [0.25, 0.3) is 0 Å². The van der Waals surface area contributed by atoms with Gasteiger partial charge in [-0.3, -0.25) is 0 Å². The van der Waals surface area contributed by atoms with Crippen LogP contribution in [0.3, 0.4) is 0 Å². The summed E-state index contributed by atoms with van der Waals surface area (Å²) in [6, 6.07) is 4.52. The summed E-state index contributed by atoms with van der Waals surface area (Å²) in [4.78, 5) is 21.8. The average molecular weight is 281 g/mol. The monoisotopic (exact) mass is 281 g/mol. The molecule has 0 fully saturated rings. The van der Waals surface area contributed by atoms with Gasteiger partial charge in [0.15, 0.2) is 5.58 Å². The molecule has 0 unspecified atom stereocenters. The maximum Gasteiger partial charge on any atom is 0.336 e. The number of carboxylic acids is 1. The second-order valence-corrected chi connectivity index (χ2v) is 4.26. The van der Waals surface area contributed by atoms with Gasteiger partial charge in [0.1, 0.15) is 18.8 Å². The molecule has 0 amide bonds. The first-order valence-electron chi connectivity index (χ1n) is 5.76. The average Bonchev–Trinajstić information content (AvgIpc) is 2.31. The number of nitrogens with two attached hydrogens (primary N) is 1. The zero-order valence-electron chi connectivity index (χ0n) is 10.8. The number of carboxylic acid groups (broad SMARTS) is 1. The Kier molecular flexibility index (Phi) is 4.84. The van der Waals surface area contributed by atoms with Crippen molar-refractivity contribution in [3.05, 3.63) is 39.7 Å². The van der Waals surface area contributed by atoms with Crippen molar-refractivity contribution in [1.82, 2.24) is 0 Å². The van der Waals surface area contributed by atoms with Gasteiger partial charge in [-0.15, -0.1) is 0 Å². The number of fused-ring (bicyclic) bond motifs is 1. The molecule has 20 heavy (non-hydrogen) atoms. The van der Waals surface area contributed by atoms with E-state index in [-0.39, 0.29) is 24.3 Å². The molecule has 108 valence electrons. The van der Waals surface area contributed by atoms with Crippen LogP contribution in [0.5, 0.6) is 5.75 Å². The molecule has 0 saturated carbocycles. The van der Waals surface area contributed by atoms with Crippen molar-refractivity contribution in [2.45, 2.75) is 13.5 Å². The van der Waals surface area contributed by atoms with Gasteiger partial charge in [-0.05, 0) is 24.6 Å². The number of aryl methyl sites for hydroxylation is 1. The molecular weight excluding hydrogens is 266 g/mol. The van der Waals surface area contributed by atoms with E-state index in [1.54, 1.807) is 13.0 Å². The number of aliphatic carboxylic acids is 1. The minimum absolute atomic E-state index is 0. The van der Waals surface area contributed by atoms with Crippen molar-refractivity contribution < 1.29 is 30.2 Å². The van der Waals surface area contributed by atoms with Gasteiger partial charge in [-0.25, -0.2) is 4.79 Å². The second-order valence-electron chi connectivity index (χ2n) is 4.26. The van der Waals surface area contributed by atoms with Crippen LogP contribution in [0.1, 0.15) is 11.1 Å². The molecule has 0 spiro atoms. The van der Waals surface area contributed by atoms with Gasteiger partial charge >= 0.3 is 5.63 Å². The number of hydrogen-bond donors (Lipinski definition) is 2. The molecule has 1 heterocycles. The molecule has 7 heteroatoms. The molecule has 1 aromatic carbocycles. The Morgan fingerprint density at radius 2 is 2.15 bits per heavy atom. The molecule has 0 aliphatic carbocycles. The van der Waals surface area contributed by atoms with Crippen molar-refractivity contribution in [3.63, 3.8) is 0 Å². The van der Waals surface area contributed by atoms with Gasteiger partial charge in [-0.2, -0.15) is 0 Å². The Morgan fingerprint density at radius 3 is 2.80 bits per heavy atom. The zero-order chi connectivity index (χ0) is 14.0. The second kappa shape index (κ2) is 6.18. The smallest absolute Gasteiger partial charge is 0.336 e. The highest BCUT2D eigenvalue weighted by Crippen LogP contribution is 2.27. The Hall–Kier alpha value is -2.38. The summed E-state index contributed by atoms with van der Waals surface area (Å²) in [5, 5.41) is 22.3. The molecule has 0 saturated heterocycles. The Labute approximate surface area is 113 Å². The fourth-order valence-electron chi connectivity index (χ4n) is 1.96. The Balaban J connectivity index is 0.00000200. The lowest BCUT2D eigenvalue weighted by molar-refractivity contribution is -0.665. The highest BCUT2D eigenvalue weighted by Gasteiger charge is 2.13. The van der Waals surface area contributed by atoms with E-state index in [2.05, 4.69) is 0 Å². The molecular formula is C13H15NO6. The maximum absolute atomic E-state index is 11.4. The summed E-state index contributed by atoms with van der Waals surface area (Å²) in [7, 11) is 0. The molecule has 0 radical (unpaired) electrons. The van der Waals surface area contributed by atoms with Crippen LogP contribution in [0.15, 0.2) is 27.4 Å². The van der Waals surface area contributed by atoms with Crippen LogP contribution in [0.2, 0.25) is 0 Å². The number of phenols is 1. The number of carbonyl (C=O) groups is 1. The third-order valence-electron chi connectivity index (χ3n) is 2.86. The van der Waals surface area contributed by atoms with Gasteiger partial charge in [0.05, 0.1) is 11.5 Å². The molecule has 0 aliphatic rings. The van der Waals surface area contributed by atoms with Gasteiger partial charge in [-0.1, -0.05) is 0 Å². The quantitative estimate of drug-likeness (QED) is 0.612. The number of carbonyl (C=O) groups excluding carboxylic acids is 1. The van der Waals surface area contributed by atoms with Crippen LogP contribution in [0.4, 0.5) is 0 Å². The molecule has 0 bridgehead atoms. The van der Waals surface area contributed by atoms with Crippen LogP contribution in [0.25, 0.3) is 11.0 Å². The SMILES string of the molecule is Cc1cc(=O)oc2c(C[NH2+]CC(=O)[O-])c(O)ccc12.O. The zero-order valence-corrected chi connectivity index (χ0v) is 10.8. The fraction of sp³-hybridized carbons (Fsp3) is 0.231. The number of hydrogen-bond acceptors (Lipinski definition) is 5. The highest BCUT2D eigenvalue weighted by atomic mass is 16.4. The number of benzene rings is 1. The van der Waals surface area contributed by atoms with Crippen molar-refractivity contribution in [2.24, 2.45) is 0 Å². The molecule has 0 aliphatic heterocycles. The molecule has 2 aromatic rings. The number of quaternary nitrogens is 1. The van der Waals surface area contributed by atoms with Crippen LogP contribution in [-0.4, -0.2) is 23.1 Å². The number of rotatable bonds is 4. The standard InChI is InChI=1S/C13H13NO5.H2O/c1-7-4-12(18)19-13-8(7)2-3-10(15)9(13)5-14-6-11(16)17;/h2-4,14-15H,5-6H2,1H3,(H,16,17);1H2. The van der Waals surface area contributed by atoms with Gasteiger partial charge in [0, 0.05) is 11.5 Å². The summed E-state index contributed by atoms with van der Waals surface area (Å²) < 4.78 is 5.11. The number of aromatic hydroxyl groups is 1. The topological polar surface area (TPSA) is 139 Å². The van der Waals surface area contributed by atoms with E-state index in [9.17, 15) is 19.8 Å². The van der Waals surface area contributed by atoms with Crippen LogP contribution in [0, 0.1) is 6.92 Å². The van der Waals surface area contributed by atoms with E-state index >= 15 is 0 Å². The van der Waals surface area contributed by atoms with Gasteiger partial charge in [0.2, 0.25) is 0 Å². The van der Waals surface area contributed by atoms with E-state index in [0.717, 1.165) is 5.56 Å². The predicted octanol–water partition coefficient (Wildman–Crippen LogP) is -2.20. The summed E-state index contributed by atoms with van der Waals surface area (Å²) in [6.07, 6.45) is 0. The normalized spacial score (nSPS) is 10.2. The lowest BCUT2D eigenvalue weighted by Crippen LogP contribution is -2.85. The van der Waals surface area contributed by atoms with Gasteiger partial charge < -0.3 is 30.2 Å². The Morgan fingerprint density at radius 1 is 1.45 bits per heavy atom. The molecule has 0 atom stereocenters. The highest BCUT2D eigenvalue weighted by molar-refractivity contribution is 5.84. The summed E-state index contributed by atoms with van der Waals surface area (Å²) in [5.74, 6) is -1.23. The first-order valence-corrected chi connectivity index (χ1v) is 5.76. The van der Waals surface area contributed by atoms with Crippen molar-refractivity contribution in [2.75, 3.05) is 6.54 Å². The lowest BCUT2D eigenvalue weighted by atomic mass is 10.1. The fourth-order valence-corrected chi connectivity index (χ4v) is 1.96. The summed E-state index contributed by atoms with van der Waals surface area (Å²) in [5.41, 5.74) is 0.934. The maximum atomic E-state index is 11.4. The Bertz CT molecular complexity index is 691. The third-order valence-corrected chi connectivity index (χ3v) is 2.86. The number of phenolic OH excluding ortho intramolecular Hbond substituents is 1. The molecule has 1 aromatic heterocycles. The first-order chi connectivity index (χ1) is 8.99. The first kappa shape index (κ1) is 15.7. The van der Waals surface area contributed by atoms with E-state index in [1.165, 1.54) is 17.4 Å². The summed E-state index contributed by atoms with van der Waals surface area (Å²) in [6.45, 7) is 1.72. The summed E-state index contributed by atoms with van der Waals surface area (Å²) >= 11 is 0. The third kappa shape index (κ3) is 3.14. The van der Waals surface area contributed by atoms with Crippen LogP contribution < -0.4 is 16.0 Å². The van der Waals surface area contributed by atoms with E-state index in [4.69, 9.17) is 4.42 Å². The molecule has 2 rings (SSSR count). The van der Waals surface area contributed by atoms with E-state index < -0.39 is 11.6 Å². The van der Waals surface area contributed by atoms with E-state index in [1.807, 2.05) is 0 Å². The van der Waals surface area contributed by atoms with Crippen LogP contribution >= 0.6 is 0 Å². The largest absolute Gasteiger partial charge is 0.544 e. The minimum atomic E-state index is -1.20. The minimum Gasteiger partial charge on any atom is -0.544 e. The predicted molar refractivity (Wildman–Crippen MR) is 68.0 cm³/mol. The van der Waals surface area contributed by atoms with Crippen molar-refractivity contribution in [3.8, 4) is 5.75 Å².